The maximum atomic E-state index is 2.62. The van der Waals surface area contributed by atoms with E-state index in [0.717, 1.165) is 8.58 Å². The molecule has 0 spiro atoms. The summed E-state index contributed by atoms with van der Waals surface area (Å²) in [6, 6.07) is 0. The Balaban J connectivity index is 2.41. The lowest BCUT2D eigenvalue weighted by Crippen LogP contribution is -2.39. The van der Waals surface area contributed by atoms with E-state index in [1.165, 1.54) is 51.2 Å². The van der Waals surface area contributed by atoms with Crippen LogP contribution in [0.3, 0.4) is 0 Å². The summed E-state index contributed by atoms with van der Waals surface area (Å²) in [4.78, 5) is 2.62. The number of likely N-dealkylation sites (tertiary alicyclic amines) is 1. The molecular weight excluding hydrogens is 189 g/mol. The van der Waals surface area contributed by atoms with E-state index in [2.05, 4.69) is 25.8 Å². The van der Waals surface area contributed by atoms with Gasteiger partial charge >= 0.3 is 0 Å². The highest BCUT2D eigenvalue weighted by Crippen LogP contribution is 2.40. The highest BCUT2D eigenvalue weighted by Gasteiger charge is 2.29. The molecule has 0 aliphatic carbocycles. The summed E-state index contributed by atoms with van der Waals surface area (Å²) in [5, 5.41) is 0.533. The number of hydrogen-bond acceptors (Lipinski definition) is 1. The molecule has 0 aromatic carbocycles. The van der Waals surface area contributed by atoms with Gasteiger partial charge in [0.15, 0.2) is 0 Å². The first-order valence-electron chi connectivity index (χ1n) is 6.15. The lowest BCUT2D eigenvalue weighted by molar-refractivity contribution is 0.228. The van der Waals surface area contributed by atoms with Gasteiger partial charge in [-0.1, -0.05) is 26.2 Å². The maximum absolute atomic E-state index is 2.62. The summed E-state index contributed by atoms with van der Waals surface area (Å²) in [5.74, 6) is 0. The SMILES string of the molecule is CCCCPC1(C)CCCCCN1C. The molecule has 1 saturated heterocycles. The zero-order valence-electron chi connectivity index (χ0n) is 10.1. The summed E-state index contributed by atoms with van der Waals surface area (Å²) in [7, 11) is 3.47. The van der Waals surface area contributed by atoms with Crippen molar-refractivity contribution in [3.8, 4) is 0 Å². The molecule has 1 nitrogen and oxygen atoms in total. The van der Waals surface area contributed by atoms with Gasteiger partial charge in [0.1, 0.15) is 0 Å². The zero-order chi connectivity index (χ0) is 10.4. The van der Waals surface area contributed by atoms with Gasteiger partial charge in [0, 0.05) is 5.28 Å². The molecule has 0 radical (unpaired) electrons. The lowest BCUT2D eigenvalue weighted by Gasteiger charge is -2.37. The Morgan fingerprint density at radius 1 is 1.29 bits per heavy atom. The molecule has 1 heterocycles. The van der Waals surface area contributed by atoms with Crippen molar-refractivity contribution in [1.82, 2.24) is 4.90 Å². The Morgan fingerprint density at radius 2 is 2.07 bits per heavy atom. The summed E-state index contributed by atoms with van der Waals surface area (Å²) in [5.41, 5.74) is 0. The average molecular weight is 215 g/mol. The molecule has 2 unspecified atom stereocenters. The summed E-state index contributed by atoms with van der Waals surface area (Å²) >= 11 is 0. The first-order chi connectivity index (χ1) is 6.69. The molecule has 84 valence electrons. The number of unbranched alkanes of at least 4 members (excludes halogenated alkanes) is 1. The number of rotatable bonds is 4. The van der Waals surface area contributed by atoms with Gasteiger partial charge in [-0.3, -0.25) is 4.90 Å². The van der Waals surface area contributed by atoms with Crippen LogP contribution < -0.4 is 0 Å². The van der Waals surface area contributed by atoms with Crippen LogP contribution in [-0.4, -0.2) is 29.9 Å². The predicted octanol–water partition coefficient (Wildman–Crippen LogP) is 3.69. The normalized spacial score (nSPS) is 31.1. The second-order valence-electron chi connectivity index (χ2n) is 4.79. The lowest BCUT2D eigenvalue weighted by atomic mass is 10.1. The van der Waals surface area contributed by atoms with Gasteiger partial charge in [0.25, 0.3) is 0 Å². The van der Waals surface area contributed by atoms with Crippen molar-refractivity contribution in [2.75, 3.05) is 19.8 Å². The largest absolute Gasteiger partial charge is 0.297 e. The van der Waals surface area contributed by atoms with Crippen molar-refractivity contribution in [3.05, 3.63) is 0 Å². The van der Waals surface area contributed by atoms with Gasteiger partial charge in [-0.25, -0.2) is 0 Å². The van der Waals surface area contributed by atoms with Crippen LogP contribution in [0.25, 0.3) is 0 Å². The Morgan fingerprint density at radius 3 is 2.79 bits per heavy atom. The molecule has 0 bridgehead atoms. The number of nitrogens with zero attached hydrogens (tertiary/aromatic N) is 1. The van der Waals surface area contributed by atoms with Gasteiger partial charge in [0.05, 0.1) is 0 Å². The van der Waals surface area contributed by atoms with Crippen LogP contribution >= 0.6 is 8.58 Å². The maximum Gasteiger partial charge on any atom is 0.0347 e. The topological polar surface area (TPSA) is 3.24 Å². The summed E-state index contributed by atoms with van der Waals surface area (Å²) < 4.78 is 0. The first-order valence-corrected chi connectivity index (χ1v) is 7.36. The second kappa shape index (κ2) is 6.08. The molecule has 0 aromatic rings. The minimum absolute atomic E-state index is 0.533. The Kier molecular flexibility index (Phi) is 5.41. The fourth-order valence-corrected chi connectivity index (χ4v) is 3.99. The van der Waals surface area contributed by atoms with Crippen molar-refractivity contribution in [3.63, 3.8) is 0 Å². The van der Waals surface area contributed by atoms with E-state index in [0.29, 0.717) is 5.28 Å². The van der Waals surface area contributed by atoms with Crippen molar-refractivity contribution in [2.45, 2.75) is 57.7 Å². The predicted molar refractivity (Wildman–Crippen MR) is 67.6 cm³/mol. The molecule has 1 rings (SSSR count). The molecule has 14 heavy (non-hydrogen) atoms. The Hall–Kier alpha value is 0.390. The molecule has 2 atom stereocenters. The third kappa shape index (κ3) is 3.51. The first kappa shape index (κ1) is 12.5. The van der Waals surface area contributed by atoms with Gasteiger partial charge in [-0.2, -0.15) is 0 Å². The van der Waals surface area contributed by atoms with Crippen LogP contribution in [0.15, 0.2) is 0 Å². The monoisotopic (exact) mass is 215 g/mol. The Labute approximate surface area is 91.4 Å². The molecule has 0 saturated carbocycles. The van der Waals surface area contributed by atoms with Crippen LogP contribution in [0.2, 0.25) is 0 Å². The van der Waals surface area contributed by atoms with Crippen LogP contribution in [0.1, 0.15) is 52.4 Å². The zero-order valence-corrected chi connectivity index (χ0v) is 11.1. The van der Waals surface area contributed by atoms with Gasteiger partial charge in [0.2, 0.25) is 0 Å². The fraction of sp³-hybridized carbons (Fsp3) is 1.00. The standard InChI is InChI=1S/C12H26NP/c1-4-5-11-14-12(2)9-7-6-8-10-13(12)3/h14H,4-11H2,1-3H3. The summed E-state index contributed by atoms with van der Waals surface area (Å²) in [6.45, 7) is 6.09. The average Bonchev–Trinajstić information content (AvgIpc) is 2.31. The van der Waals surface area contributed by atoms with Gasteiger partial charge < -0.3 is 0 Å². The molecule has 1 fully saturated rings. The van der Waals surface area contributed by atoms with E-state index in [1.54, 1.807) is 0 Å². The van der Waals surface area contributed by atoms with Crippen LogP contribution in [0, 0.1) is 0 Å². The minimum atomic E-state index is 0.533. The molecule has 2 heteroatoms. The number of hydrogen-bond donors (Lipinski definition) is 0. The van der Waals surface area contributed by atoms with Crippen molar-refractivity contribution in [1.29, 1.82) is 0 Å². The van der Waals surface area contributed by atoms with Crippen molar-refractivity contribution in [2.24, 2.45) is 0 Å². The second-order valence-corrected chi connectivity index (χ2v) is 6.72. The highest BCUT2D eigenvalue weighted by atomic mass is 31.1. The van der Waals surface area contributed by atoms with Gasteiger partial charge in [-0.05, 0) is 45.9 Å². The third-order valence-corrected chi connectivity index (χ3v) is 5.53. The van der Waals surface area contributed by atoms with Gasteiger partial charge in [-0.15, -0.1) is 8.58 Å². The Bertz CT molecular complexity index is 160. The van der Waals surface area contributed by atoms with Crippen LogP contribution in [0.5, 0.6) is 0 Å². The van der Waals surface area contributed by atoms with E-state index in [9.17, 15) is 0 Å². The molecular formula is C12H26NP. The third-order valence-electron chi connectivity index (χ3n) is 3.54. The fourth-order valence-electron chi connectivity index (χ4n) is 2.19. The van der Waals surface area contributed by atoms with E-state index >= 15 is 0 Å². The smallest absolute Gasteiger partial charge is 0.0347 e. The molecule has 1 aliphatic heterocycles. The van der Waals surface area contributed by atoms with E-state index < -0.39 is 0 Å². The van der Waals surface area contributed by atoms with E-state index in [-0.39, 0.29) is 0 Å². The molecule has 1 aliphatic rings. The molecule has 0 N–H and O–H groups in total. The molecule has 0 amide bonds. The highest BCUT2D eigenvalue weighted by molar-refractivity contribution is 7.39. The van der Waals surface area contributed by atoms with Crippen LogP contribution in [0.4, 0.5) is 0 Å². The quantitative estimate of drug-likeness (QED) is 0.510. The van der Waals surface area contributed by atoms with E-state index in [1.807, 2.05) is 0 Å². The molecule has 0 aromatic heterocycles. The minimum Gasteiger partial charge on any atom is -0.297 e. The van der Waals surface area contributed by atoms with E-state index in [4.69, 9.17) is 0 Å². The van der Waals surface area contributed by atoms with Crippen LogP contribution in [-0.2, 0) is 0 Å². The van der Waals surface area contributed by atoms with Crippen molar-refractivity contribution >= 4 is 8.58 Å². The summed E-state index contributed by atoms with van der Waals surface area (Å²) in [6.07, 6.45) is 9.93. The van der Waals surface area contributed by atoms with Crippen molar-refractivity contribution < 1.29 is 0 Å².